The van der Waals surface area contributed by atoms with Crippen molar-refractivity contribution in [2.45, 2.75) is 37.8 Å². The van der Waals surface area contributed by atoms with E-state index in [4.69, 9.17) is 0 Å². The Morgan fingerprint density at radius 1 is 0.931 bits per heavy atom. The summed E-state index contributed by atoms with van der Waals surface area (Å²) in [6.45, 7) is 6.49. The highest BCUT2D eigenvalue weighted by Crippen LogP contribution is 2.23. The van der Waals surface area contributed by atoms with Gasteiger partial charge in [-0.05, 0) is 30.2 Å². The molecule has 0 saturated heterocycles. The first kappa shape index (κ1) is 23.1. The maximum Gasteiger partial charge on any atom is 0.243 e. The van der Waals surface area contributed by atoms with E-state index >= 15 is 0 Å². The third kappa shape index (κ3) is 5.44. The fourth-order valence-electron chi connectivity index (χ4n) is 3.20. The van der Waals surface area contributed by atoms with Crippen molar-refractivity contribution in [3.05, 3.63) is 65.7 Å². The van der Waals surface area contributed by atoms with Crippen LogP contribution in [0.1, 0.15) is 44.0 Å². The zero-order valence-electron chi connectivity index (χ0n) is 17.8. The predicted molar refractivity (Wildman–Crippen MR) is 116 cm³/mol. The van der Waals surface area contributed by atoms with Gasteiger partial charge in [0.05, 0.1) is 4.90 Å². The van der Waals surface area contributed by atoms with Crippen LogP contribution >= 0.6 is 0 Å². The largest absolute Gasteiger partial charge is 0.347 e. The Morgan fingerprint density at radius 2 is 1.48 bits per heavy atom. The number of sulfonamides is 1. The van der Waals surface area contributed by atoms with E-state index < -0.39 is 16.1 Å². The summed E-state index contributed by atoms with van der Waals surface area (Å²) in [6.07, 6.45) is 0. The van der Waals surface area contributed by atoms with Crippen molar-refractivity contribution in [1.29, 1.82) is 0 Å². The van der Waals surface area contributed by atoms with Crippen molar-refractivity contribution in [2.75, 3.05) is 27.2 Å². The molecule has 29 heavy (non-hydrogen) atoms. The van der Waals surface area contributed by atoms with Crippen LogP contribution in [0.3, 0.4) is 0 Å². The molecule has 0 aliphatic rings. The fraction of sp³-hybridized carbons (Fsp3) is 0.409. The van der Waals surface area contributed by atoms with Crippen LogP contribution in [-0.2, 0) is 14.8 Å². The highest BCUT2D eigenvalue weighted by atomic mass is 32.2. The second-order valence-corrected chi connectivity index (χ2v) is 9.06. The minimum atomic E-state index is -3.48. The van der Waals surface area contributed by atoms with Crippen molar-refractivity contribution in [2.24, 2.45) is 0 Å². The van der Waals surface area contributed by atoms with E-state index in [0.717, 1.165) is 11.1 Å². The number of carbonyl (C=O) groups is 1. The maximum absolute atomic E-state index is 12.7. The highest BCUT2D eigenvalue weighted by molar-refractivity contribution is 7.89. The van der Waals surface area contributed by atoms with Gasteiger partial charge in [-0.3, -0.25) is 10.1 Å². The molecule has 2 aromatic carbocycles. The Morgan fingerprint density at radius 3 is 1.97 bits per heavy atom. The number of amides is 1. The average molecular weight is 418 g/mol. The molecule has 0 heterocycles. The molecule has 7 heteroatoms. The van der Waals surface area contributed by atoms with Crippen molar-refractivity contribution in [3.8, 4) is 0 Å². The summed E-state index contributed by atoms with van der Waals surface area (Å²) in [5, 5.41) is 3.38. The molecule has 2 atom stereocenters. The van der Waals surface area contributed by atoms with E-state index in [1.54, 1.807) is 43.3 Å². The van der Waals surface area contributed by atoms with Crippen molar-refractivity contribution < 1.29 is 13.2 Å². The second kappa shape index (κ2) is 10.0. The zero-order chi connectivity index (χ0) is 21.6. The SMILES string of the molecule is CCN(CC)S(=O)(=O)c1ccc([C@H](C)N[C@H](C(=O)N(C)C)c2ccccc2)cc1. The Balaban J connectivity index is 2.25. The van der Waals surface area contributed by atoms with Gasteiger partial charge in [0.25, 0.3) is 0 Å². The van der Waals surface area contributed by atoms with E-state index in [1.165, 1.54) is 4.31 Å². The first-order valence-electron chi connectivity index (χ1n) is 9.84. The summed E-state index contributed by atoms with van der Waals surface area (Å²) < 4.78 is 26.8. The number of nitrogens with zero attached hydrogens (tertiary/aromatic N) is 2. The zero-order valence-corrected chi connectivity index (χ0v) is 18.6. The minimum Gasteiger partial charge on any atom is -0.347 e. The van der Waals surface area contributed by atoms with Gasteiger partial charge in [0, 0.05) is 33.2 Å². The lowest BCUT2D eigenvalue weighted by atomic mass is 10.0. The molecular formula is C22H31N3O3S. The minimum absolute atomic E-state index is 0.0382. The molecule has 2 rings (SSSR count). The molecular weight excluding hydrogens is 386 g/mol. The van der Waals surface area contributed by atoms with Crippen molar-refractivity contribution >= 4 is 15.9 Å². The maximum atomic E-state index is 12.7. The molecule has 2 aromatic rings. The Labute approximate surface area is 174 Å². The highest BCUT2D eigenvalue weighted by Gasteiger charge is 2.25. The first-order valence-corrected chi connectivity index (χ1v) is 11.3. The van der Waals surface area contributed by atoms with Crippen LogP contribution in [0.5, 0.6) is 0 Å². The second-order valence-electron chi connectivity index (χ2n) is 7.12. The lowest BCUT2D eigenvalue weighted by molar-refractivity contribution is -0.131. The molecule has 0 unspecified atom stereocenters. The van der Waals surface area contributed by atoms with E-state index in [0.29, 0.717) is 13.1 Å². The average Bonchev–Trinajstić information content (AvgIpc) is 2.72. The van der Waals surface area contributed by atoms with Crippen LogP contribution in [0, 0.1) is 0 Å². The lowest BCUT2D eigenvalue weighted by Gasteiger charge is -2.26. The van der Waals surface area contributed by atoms with Gasteiger partial charge in [0.15, 0.2) is 0 Å². The van der Waals surface area contributed by atoms with Crippen LogP contribution in [0.2, 0.25) is 0 Å². The van der Waals surface area contributed by atoms with Crippen LogP contribution in [-0.4, -0.2) is 50.7 Å². The van der Waals surface area contributed by atoms with Crippen LogP contribution in [0.25, 0.3) is 0 Å². The smallest absolute Gasteiger partial charge is 0.243 e. The van der Waals surface area contributed by atoms with E-state index in [-0.39, 0.29) is 16.8 Å². The number of carbonyl (C=O) groups excluding carboxylic acids is 1. The van der Waals surface area contributed by atoms with E-state index in [2.05, 4.69) is 5.32 Å². The number of benzene rings is 2. The summed E-state index contributed by atoms with van der Waals surface area (Å²) in [4.78, 5) is 14.6. The number of nitrogens with one attached hydrogen (secondary N) is 1. The molecule has 0 aliphatic carbocycles. The number of hydrogen-bond acceptors (Lipinski definition) is 4. The monoisotopic (exact) mass is 417 g/mol. The summed E-state index contributed by atoms with van der Waals surface area (Å²) in [5.41, 5.74) is 1.80. The van der Waals surface area contributed by atoms with Gasteiger partial charge in [-0.2, -0.15) is 4.31 Å². The molecule has 6 nitrogen and oxygen atoms in total. The van der Waals surface area contributed by atoms with Crippen LogP contribution in [0.15, 0.2) is 59.5 Å². The number of hydrogen-bond donors (Lipinski definition) is 1. The molecule has 0 bridgehead atoms. The first-order chi connectivity index (χ1) is 13.7. The van der Waals surface area contributed by atoms with Gasteiger partial charge in [-0.15, -0.1) is 0 Å². The third-order valence-electron chi connectivity index (χ3n) is 4.96. The van der Waals surface area contributed by atoms with Gasteiger partial charge in [-0.25, -0.2) is 8.42 Å². The molecule has 0 radical (unpaired) electrons. The predicted octanol–water partition coefficient (Wildman–Crippen LogP) is 3.20. The van der Waals surface area contributed by atoms with Gasteiger partial charge in [0.1, 0.15) is 6.04 Å². The van der Waals surface area contributed by atoms with Gasteiger partial charge < -0.3 is 4.90 Å². The number of likely N-dealkylation sites (N-methyl/N-ethyl adjacent to an activating group) is 1. The van der Waals surface area contributed by atoms with Crippen molar-refractivity contribution in [3.63, 3.8) is 0 Å². The molecule has 1 N–H and O–H groups in total. The van der Waals surface area contributed by atoms with E-state index in [9.17, 15) is 13.2 Å². The lowest BCUT2D eigenvalue weighted by Crippen LogP contribution is -2.38. The number of rotatable bonds is 9. The van der Waals surface area contributed by atoms with Gasteiger partial charge in [0.2, 0.25) is 15.9 Å². The Kier molecular flexibility index (Phi) is 7.96. The normalized spacial score (nSPS) is 13.9. The molecule has 0 aliphatic heterocycles. The van der Waals surface area contributed by atoms with Crippen molar-refractivity contribution in [1.82, 2.24) is 14.5 Å². The van der Waals surface area contributed by atoms with Gasteiger partial charge in [-0.1, -0.05) is 56.3 Å². The Hall–Kier alpha value is -2.22. The molecule has 0 saturated carbocycles. The summed E-state index contributed by atoms with van der Waals surface area (Å²) in [5.74, 6) is -0.0382. The topological polar surface area (TPSA) is 69.7 Å². The summed E-state index contributed by atoms with van der Waals surface area (Å²) in [7, 11) is -0.0150. The summed E-state index contributed by atoms with van der Waals surface area (Å²) >= 11 is 0. The third-order valence-corrected chi connectivity index (χ3v) is 7.02. The van der Waals surface area contributed by atoms with Crippen LogP contribution < -0.4 is 5.32 Å². The van der Waals surface area contributed by atoms with E-state index in [1.807, 2.05) is 51.1 Å². The van der Waals surface area contributed by atoms with Crippen LogP contribution in [0.4, 0.5) is 0 Å². The molecule has 158 valence electrons. The Bertz CT molecular complexity index is 893. The molecule has 1 amide bonds. The quantitative estimate of drug-likeness (QED) is 0.680. The molecule has 0 aromatic heterocycles. The summed E-state index contributed by atoms with van der Waals surface area (Å²) in [6, 6.07) is 15.8. The standard InChI is InChI=1S/C22H31N3O3S/c1-6-25(7-2)29(27,28)20-15-13-18(14-16-20)17(3)23-21(22(26)24(4)5)19-11-9-8-10-12-19/h8-17,21,23H,6-7H2,1-5H3/t17-,21-/m0/s1. The fourth-order valence-corrected chi connectivity index (χ4v) is 4.66. The molecule has 0 fully saturated rings. The molecule has 0 spiro atoms. The van der Waals surface area contributed by atoms with Gasteiger partial charge >= 0.3 is 0 Å².